The molecule has 0 spiro atoms. The zero-order valence-electron chi connectivity index (χ0n) is 16.2. The summed E-state index contributed by atoms with van der Waals surface area (Å²) < 4.78 is 15.8. The van der Waals surface area contributed by atoms with Crippen LogP contribution in [0.25, 0.3) is 10.9 Å². The van der Waals surface area contributed by atoms with Crippen molar-refractivity contribution >= 4 is 22.5 Å². The lowest BCUT2D eigenvalue weighted by molar-refractivity contribution is 0.229. The van der Waals surface area contributed by atoms with E-state index in [1.54, 1.807) is 6.92 Å². The summed E-state index contributed by atoms with van der Waals surface area (Å²) in [5, 5.41) is 2.20. The molecule has 8 heteroatoms. The fourth-order valence-corrected chi connectivity index (χ4v) is 3.96. The molecule has 1 aliphatic rings. The topological polar surface area (TPSA) is 67.4 Å². The van der Waals surface area contributed by atoms with E-state index < -0.39 is 11.9 Å². The maximum atomic E-state index is 14.3. The number of piperazine rings is 1. The molecule has 1 aromatic heterocycles. The van der Waals surface area contributed by atoms with Gasteiger partial charge in [0.1, 0.15) is 17.2 Å². The SMILES string of the molecule is C[C@H](N)c1nc2c(F)ccc(Cl)c2c(=O)n1N1CCN(Cc2ccccc2)CC1. The minimum absolute atomic E-state index is 0.0336. The zero-order valence-corrected chi connectivity index (χ0v) is 16.9. The van der Waals surface area contributed by atoms with Crippen LogP contribution in [0.2, 0.25) is 5.02 Å². The summed E-state index contributed by atoms with van der Waals surface area (Å²) in [4.78, 5) is 20.0. The molecule has 3 aromatic rings. The van der Waals surface area contributed by atoms with Crippen molar-refractivity contribution in [1.82, 2.24) is 14.6 Å². The number of rotatable bonds is 4. The van der Waals surface area contributed by atoms with Crippen molar-refractivity contribution in [3.8, 4) is 0 Å². The van der Waals surface area contributed by atoms with Gasteiger partial charge < -0.3 is 10.7 Å². The number of hydrogen-bond donors (Lipinski definition) is 1. The molecule has 2 aromatic carbocycles. The third kappa shape index (κ3) is 3.85. The standard InChI is InChI=1S/C21H23ClFN5O/c1-14(24)20-25-19-17(23)8-7-16(22)18(19)21(29)28(20)27-11-9-26(10-12-27)13-15-5-3-2-4-6-15/h2-8,14H,9-13,24H2,1H3/t14-/m0/s1. The number of fused-ring (bicyclic) bond motifs is 1. The van der Waals surface area contributed by atoms with Crippen molar-refractivity contribution in [2.45, 2.75) is 19.5 Å². The molecule has 2 N–H and O–H groups in total. The first-order valence-corrected chi connectivity index (χ1v) is 10.0. The summed E-state index contributed by atoms with van der Waals surface area (Å²) in [6, 6.07) is 12.3. The van der Waals surface area contributed by atoms with Crippen molar-refractivity contribution in [3.63, 3.8) is 0 Å². The molecular formula is C21H23ClFN5O. The van der Waals surface area contributed by atoms with Gasteiger partial charge in [-0.05, 0) is 24.6 Å². The van der Waals surface area contributed by atoms with E-state index in [9.17, 15) is 9.18 Å². The molecule has 4 rings (SSSR count). The fraction of sp³-hybridized carbons (Fsp3) is 0.333. The van der Waals surface area contributed by atoms with Gasteiger partial charge in [-0.1, -0.05) is 41.9 Å². The molecule has 1 fully saturated rings. The first kappa shape index (κ1) is 19.8. The van der Waals surface area contributed by atoms with Gasteiger partial charge in [0.15, 0.2) is 0 Å². The highest BCUT2D eigenvalue weighted by molar-refractivity contribution is 6.35. The number of benzene rings is 2. The lowest BCUT2D eigenvalue weighted by Crippen LogP contribution is -2.55. The van der Waals surface area contributed by atoms with Gasteiger partial charge >= 0.3 is 0 Å². The lowest BCUT2D eigenvalue weighted by Gasteiger charge is -2.37. The third-order valence-electron chi connectivity index (χ3n) is 5.22. The average Bonchev–Trinajstić information content (AvgIpc) is 2.72. The molecule has 0 radical (unpaired) electrons. The second-order valence-corrected chi connectivity index (χ2v) is 7.75. The summed E-state index contributed by atoms with van der Waals surface area (Å²) in [5.74, 6) is -0.247. The van der Waals surface area contributed by atoms with Crippen molar-refractivity contribution in [1.29, 1.82) is 0 Å². The maximum Gasteiger partial charge on any atom is 0.281 e. The van der Waals surface area contributed by atoms with Crippen LogP contribution in [0.4, 0.5) is 4.39 Å². The van der Waals surface area contributed by atoms with E-state index in [2.05, 4.69) is 22.0 Å². The van der Waals surface area contributed by atoms with E-state index in [4.69, 9.17) is 17.3 Å². The van der Waals surface area contributed by atoms with Crippen LogP contribution >= 0.6 is 11.6 Å². The Labute approximate surface area is 173 Å². The van der Waals surface area contributed by atoms with E-state index >= 15 is 0 Å². The molecular weight excluding hydrogens is 393 g/mol. The van der Waals surface area contributed by atoms with Gasteiger partial charge in [0, 0.05) is 32.7 Å². The zero-order chi connectivity index (χ0) is 20.5. The molecule has 6 nitrogen and oxygen atoms in total. The van der Waals surface area contributed by atoms with Crippen molar-refractivity contribution in [2.75, 3.05) is 31.2 Å². The predicted octanol–water partition coefficient (Wildman–Crippen LogP) is 2.66. The molecule has 1 aliphatic heterocycles. The van der Waals surface area contributed by atoms with Gasteiger partial charge in [0.25, 0.3) is 5.56 Å². The molecule has 0 aliphatic carbocycles. The first-order chi connectivity index (χ1) is 14.0. The van der Waals surface area contributed by atoms with Crippen LogP contribution in [0.15, 0.2) is 47.3 Å². The van der Waals surface area contributed by atoms with Crippen molar-refractivity contribution < 1.29 is 4.39 Å². The Balaban J connectivity index is 1.66. The Morgan fingerprint density at radius 1 is 1.14 bits per heavy atom. The quantitative estimate of drug-likeness (QED) is 0.709. The van der Waals surface area contributed by atoms with Crippen LogP contribution in [0, 0.1) is 5.82 Å². The third-order valence-corrected chi connectivity index (χ3v) is 5.53. The molecule has 1 atom stereocenters. The Morgan fingerprint density at radius 2 is 1.83 bits per heavy atom. The van der Waals surface area contributed by atoms with Gasteiger partial charge in [0.05, 0.1) is 16.5 Å². The maximum absolute atomic E-state index is 14.3. The Hall–Kier alpha value is -2.48. The number of hydrogen-bond acceptors (Lipinski definition) is 5. The molecule has 2 heterocycles. The summed E-state index contributed by atoms with van der Waals surface area (Å²) >= 11 is 6.21. The Morgan fingerprint density at radius 3 is 2.48 bits per heavy atom. The van der Waals surface area contributed by atoms with E-state index in [0.717, 1.165) is 19.6 Å². The average molecular weight is 416 g/mol. The van der Waals surface area contributed by atoms with E-state index in [1.165, 1.54) is 22.4 Å². The lowest BCUT2D eigenvalue weighted by atomic mass is 10.2. The number of halogens is 2. The first-order valence-electron chi connectivity index (χ1n) is 9.63. The van der Waals surface area contributed by atoms with Crippen LogP contribution in [-0.2, 0) is 6.54 Å². The second-order valence-electron chi connectivity index (χ2n) is 7.34. The summed E-state index contributed by atoms with van der Waals surface area (Å²) in [7, 11) is 0. The molecule has 0 saturated carbocycles. The van der Waals surface area contributed by atoms with E-state index in [0.29, 0.717) is 18.9 Å². The molecule has 0 amide bonds. The second kappa shape index (κ2) is 8.10. The van der Waals surface area contributed by atoms with Crippen molar-refractivity contribution in [3.05, 3.63) is 75.0 Å². The monoisotopic (exact) mass is 415 g/mol. The highest BCUT2D eigenvalue weighted by atomic mass is 35.5. The van der Waals surface area contributed by atoms with Crippen LogP contribution in [0.5, 0.6) is 0 Å². The van der Waals surface area contributed by atoms with Crippen LogP contribution in [0.1, 0.15) is 24.4 Å². The van der Waals surface area contributed by atoms with Gasteiger partial charge in [-0.3, -0.25) is 9.69 Å². The normalized spacial score (nSPS) is 16.3. The molecule has 1 saturated heterocycles. The highest BCUT2D eigenvalue weighted by Crippen LogP contribution is 2.23. The van der Waals surface area contributed by atoms with Gasteiger partial charge in [0.2, 0.25) is 0 Å². The van der Waals surface area contributed by atoms with Crippen LogP contribution < -0.4 is 16.3 Å². The Kier molecular flexibility index (Phi) is 5.54. The summed E-state index contributed by atoms with van der Waals surface area (Å²) in [6.07, 6.45) is 0. The Bertz CT molecular complexity index is 1080. The number of nitrogens with zero attached hydrogens (tertiary/aromatic N) is 4. The van der Waals surface area contributed by atoms with Crippen LogP contribution in [0.3, 0.4) is 0 Å². The largest absolute Gasteiger partial charge is 0.322 e. The van der Waals surface area contributed by atoms with E-state index in [-0.39, 0.29) is 21.5 Å². The molecule has 152 valence electrons. The minimum atomic E-state index is -0.580. The van der Waals surface area contributed by atoms with Crippen LogP contribution in [-0.4, -0.2) is 40.7 Å². The van der Waals surface area contributed by atoms with E-state index in [1.807, 2.05) is 23.2 Å². The van der Waals surface area contributed by atoms with Gasteiger partial charge in [-0.25, -0.2) is 14.1 Å². The molecule has 0 bridgehead atoms. The van der Waals surface area contributed by atoms with Gasteiger partial charge in [-0.2, -0.15) is 0 Å². The van der Waals surface area contributed by atoms with Crippen molar-refractivity contribution in [2.24, 2.45) is 5.73 Å². The fourth-order valence-electron chi connectivity index (χ4n) is 3.73. The summed E-state index contributed by atoms with van der Waals surface area (Å²) in [6.45, 7) is 5.43. The molecule has 0 unspecified atom stereocenters. The molecule has 29 heavy (non-hydrogen) atoms. The smallest absolute Gasteiger partial charge is 0.281 e. The van der Waals surface area contributed by atoms with Gasteiger partial charge in [-0.15, -0.1) is 0 Å². The minimum Gasteiger partial charge on any atom is -0.322 e. The number of nitrogens with two attached hydrogens (primary N) is 1. The predicted molar refractivity (Wildman–Crippen MR) is 113 cm³/mol. The summed E-state index contributed by atoms with van der Waals surface area (Å²) in [5.41, 5.74) is 6.92. The highest BCUT2D eigenvalue weighted by Gasteiger charge is 2.25. The number of aromatic nitrogens is 2.